The maximum absolute atomic E-state index is 14.6. The number of aromatic nitrogens is 3. The molecular formula is C39H37ClF2N6O5S. The summed E-state index contributed by atoms with van der Waals surface area (Å²) in [6.07, 6.45) is 0.619. The van der Waals surface area contributed by atoms with Gasteiger partial charge >= 0.3 is 0 Å². The molecule has 2 amide bonds. The first-order valence-corrected chi connectivity index (χ1v) is 19.3. The molecule has 3 heterocycles. The van der Waals surface area contributed by atoms with Gasteiger partial charge in [0.15, 0.2) is 5.82 Å². The maximum Gasteiger partial charge on any atom is 0.232 e. The number of alkyl halides is 1. The van der Waals surface area contributed by atoms with Crippen LogP contribution in [0.1, 0.15) is 71.4 Å². The Morgan fingerprint density at radius 1 is 1.06 bits per heavy atom. The summed E-state index contributed by atoms with van der Waals surface area (Å²) in [5, 5.41) is 23.7. The fourth-order valence-corrected chi connectivity index (χ4v) is 7.36. The number of pyridine rings is 1. The van der Waals surface area contributed by atoms with Gasteiger partial charge in [-0.15, -0.1) is 11.6 Å². The minimum atomic E-state index is -3.74. The topological polar surface area (TPSA) is 166 Å². The number of hydrogen-bond donors (Lipinski definition) is 5. The van der Waals surface area contributed by atoms with E-state index in [0.29, 0.717) is 33.3 Å². The van der Waals surface area contributed by atoms with E-state index in [4.69, 9.17) is 16.6 Å². The van der Waals surface area contributed by atoms with Crippen LogP contribution in [0.5, 0.6) is 0 Å². The number of aryl methyl sites for hydroxylation is 2. The Hall–Kier alpha value is -5.36. The van der Waals surface area contributed by atoms with Gasteiger partial charge in [0.05, 0.1) is 29.4 Å². The summed E-state index contributed by atoms with van der Waals surface area (Å²) in [5.41, 5.74) is 4.25. The number of hydrogen-bond acceptors (Lipinski definition) is 7. The summed E-state index contributed by atoms with van der Waals surface area (Å²) in [7, 11) is -3.74. The zero-order valence-electron chi connectivity index (χ0n) is 30.0. The normalized spacial score (nSPS) is 14.6. The first-order chi connectivity index (χ1) is 25.4. The van der Waals surface area contributed by atoms with Crippen molar-refractivity contribution in [3.8, 4) is 23.0 Å². The molecule has 1 aliphatic rings. The predicted molar refractivity (Wildman–Crippen MR) is 203 cm³/mol. The summed E-state index contributed by atoms with van der Waals surface area (Å²) < 4.78 is 56.0. The number of aliphatic hydroxyl groups is 1. The molecule has 2 aromatic heterocycles. The van der Waals surface area contributed by atoms with Gasteiger partial charge in [0.2, 0.25) is 21.8 Å². The molecule has 0 saturated carbocycles. The van der Waals surface area contributed by atoms with Crippen LogP contribution < -0.4 is 15.4 Å². The highest BCUT2D eigenvalue weighted by molar-refractivity contribution is 7.92. The van der Waals surface area contributed by atoms with Crippen molar-refractivity contribution in [3.63, 3.8) is 0 Å². The smallest absolute Gasteiger partial charge is 0.232 e. The number of rotatable bonds is 10. The van der Waals surface area contributed by atoms with Crippen molar-refractivity contribution in [2.45, 2.75) is 64.0 Å². The molecule has 2 atom stereocenters. The lowest BCUT2D eigenvalue weighted by atomic mass is 9.90. The lowest BCUT2D eigenvalue weighted by molar-refractivity contribution is -0.125. The number of aromatic amines is 1. The first kappa shape index (κ1) is 38.4. The van der Waals surface area contributed by atoms with Crippen molar-refractivity contribution in [1.82, 2.24) is 20.5 Å². The Balaban J connectivity index is 1.52. The van der Waals surface area contributed by atoms with Crippen molar-refractivity contribution >= 4 is 55.8 Å². The number of H-pyrrole nitrogens is 1. The number of nitrogens with zero attached hydrogens (tertiary/aromatic N) is 2. The Morgan fingerprint density at radius 2 is 1.74 bits per heavy atom. The second kappa shape index (κ2) is 14.8. The molecule has 6 rings (SSSR count). The van der Waals surface area contributed by atoms with Gasteiger partial charge in [-0.05, 0) is 92.1 Å². The van der Waals surface area contributed by atoms with E-state index in [-0.39, 0.29) is 47.4 Å². The lowest BCUT2D eigenvalue weighted by Gasteiger charge is -2.23. The van der Waals surface area contributed by atoms with E-state index in [2.05, 4.69) is 37.4 Å². The highest BCUT2D eigenvalue weighted by Crippen LogP contribution is 2.41. The largest absolute Gasteiger partial charge is 0.378 e. The third-order valence-corrected chi connectivity index (χ3v) is 9.80. The van der Waals surface area contributed by atoms with E-state index in [9.17, 15) is 31.9 Å². The average molecular weight is 775 g/mol. The van der Waals surface area contributed by atoms with Crippen LogP contribution in [0.25, 0.3) is 22.0 Å². The molecule has 0 radical (unpaired) electrons. The summed E-state index contributed by atoms with van der Waals surface area (Å²) in [6, 6.07) is 12.5. The molecule has 11 nitrogen and oxygen atoms in total. The van der Waals surface area contributed by atoms with Crippen LogP contribution in [0.4, 0.5) is 20.3 Å². The number of sulfonamides is 1. The van der Waals surface area contributed by atoms with Gasteiger partial charge in [0.25, 0.3) is 0 Å². The van der Waals surface area contributed by atoms with Gasteiger partial charge in [-0.25, -0.2) is 22.2 Å². The fraction of sp³-hybridized carbons (Fsp3) is 0.282. The van der Waals surface area contributed by atoms with Gasteiger partial charge in [0, 0.05) is 40.6 Å². The molecule has 280 valence electrons. The average Bonchev–Trinajstić information content (AvgIpc) is 3.64. The predicted octanol–water partition coefficient (Wildman–Crippen LogP) is 6.28. The highest BCUT2D eigenvalue weighted by atomic mass is 35.5. The number of anilines is 2. The Morgan fingerprint density at radius 3 is 2.41 bits per heavy atom. The number of halogens is 3. The Kier molecular flexibility index (Phi) is 10.5. The van der Waals surface area contributed by atoms with Crippen LogP contribution in [-0.4, -0.2) is 52.4 Å². The zero-order chi connectivity index (χ0) is 39.1. The number of amides is 2. The molecule has 5 aromatic rings. The number of fused-ring (bicyclic) bond motifs is 2. The number of carbonyl (C=O) groups excluding carboxylic acids is 2. The molecule has 0 fully saturated rings. The third kappa shape index (κ3) is 8.38. The second-order valence-electron chi connectivity index (χ2n) is 13.9. The molecule has 1 aliphatic heterocycles. The molecule has 1 unspecified atom stereocenters. The Labute approximate surface area is 316 Å². The second-order valence-corrected chi connectivity index (χ2v) is 15.9. The molecule has 15 heteroatoms. The standard InChI is InChI=1S/C39H37ClF2N6O5S/c1-20-6-7-21(2)34-32(20)29(38(50)45-34)18-31(49)44-30(16-22-14-24(41)17-25(42)15-22)35-27(11-9-26(43-35)12-13-39(3,4)51)28-10-8-23(19-40)33-36(28)46-47-37(33)48-54(5,52)53/h6-11,14-15,17,29-30,51H,16,18-19H2,1-5H3,(H,44,49)(H,45,50)(H2,46,47,48)/t29?,30-/m0/s1. The van der Waals surface area contributed by atoms with E-state index in [1.807, 2.05) is 26.0 Å². The summed E-state index contributed by atoms with van der Waals surface area (Å²) in [4.78, 5) is 32.1. The number of carbonyl (C=O) groups is 2. The fourth-order valence-electron chi connectivity index (χ4n) is 6.64. The van der Waals surface area contributed by atoms with Crippen molar-refractivity contribution in [2.24, 2.45) is 0 Å². The van der Waals surface area contributed by atoms with Gasteiger partial charge in [-0.3, -0.25) is 19.4 Å². The van der Waals surface area contributed by atoms with E-state index in [0.717, 1.165) is 41.1 Å². The monoisotopic (exact) mass is 774 g/mol. The van der Waals surface area contributed by atoms with Crippen LogP contribution in [-0.2, 0) is 31.9 Å². The van der Waals surface area contributed by atoms with Gasteiger partial charge < -0.3 is 15.7 Å². The van der Waals surface area contributed by atoms with Crippen LogP contribution >= 0.6 is 11.6 Å². The minimum Gasteiger partial charge on any atom is -0.378 e. The molecule has 0 saturated heterocycles. The van der Waals surface area contributed by atoms with Crippen molar-refractivity contribution in [3.05, 3.63) is 105 Å². The van der Waals surface area contributed by atoms with Crippen molar-refractivity contribution in [1.29, 1.82) is 0 Å². The SMILES string of the molecule is Cc1ccc(C)c2c1NC(=O)C2CC(=O)N[C@@H](Cc1cc(F)cc(F)c1)c1nc(C#CC(C)(C)O)ccc1-c1ccc(CCl)c2c(NS(C)(=O)=O)n[nH]c12. The number of benzene rings is 3. The molecule has 3 aromatic carbocycles. The molecule has 54 heavy (non-hydrogen) atoms. The van der Waals surface area contributed by atoms with Crippen molar-refractivity contribution in [2.75, 3.05) is 16.3 Å². The van der Waals surface area contributed by atoms with E-state index in [1.165, 1.54) is 13.8 Å². The molecule has 0 aliphatic carbocycles. The zero-order valence-corrected chi connectivity index (χ0v) is 31.6. The Bertz CT molecular complexity index is 2480. The van der Waals surface area contributed by atoms with Crippen molar-refractivity contribution < 1.29 is 31.9 Å². The van der Waals surface area contributed by atoms with E-state index >= 15 is 0 Å². The molecular weight excluding hydrogens is 738 g/mol. The minimum absolute atomic E-state index is 0.0199. The maximum atomic E-state index is 14.6. The van der Waals surface area contributed by atoms with Crippen LogP contribution in [0.3, 0.4) is 0 Å². The van der Waals surface area contributed by atoms with E-state index < -0.39 is 45.1 Å². The van der Waals surface area contributed by atoms with Crippen LogP contribution in [0, 0.1) is 37.3 Å². The van der Waals surface area contributed by atoms with Crippen LogP contribution in [0.15, 0.2) is 54.6 Å². The molecule has 0 bridgehead atoms. The summed E-state index contributed by atoms with van der Waals surface area (Å²) in [6.45, 7) is 6.75. The third-order valence-electron chi connectivity index (χ3n) is 8.95. The molecule has 0 spiro atoms. The molecule has 5 N–H and O–H groups in total. The summed E-state index contributed by atoms with van der Waals surface area (Å²) in [5.74, 6) is 2.33. The van der Waals surface area contributed by atoms with Gasteiger partial charge in [0.1, 0.15) is 22.9 Å². The quantitative estimate of drug-likeness (QED) is 0.0823. The summed E-state index contributed by atoms with van der Waals surface area (Å²) >= 11 is 6.28. The van der Waals surface area contributed by atoms with E-state index in [1.54, 1.807) is 24.3 Å². The van der Waals surface area contributed by atoms with Gasteiger partial charge in [-0.2, -0.15) is 5.10 Å². The number of nitrogens with one attached hydrogen (secondary N) is 4. The first-order valence-electron chi connectivity index (χ1n) is 16.9. The van der Waals surface area contributed by atoms with Crippen LogP contribution in [0.2, 0.25) is 0 Å². The lowest BCUT2D eigenvalue weighted by Crippen LogP contribution is -2.33. The highest BCUT2D eigenvalue weighted by Gasteiger charge is 2.35. The van der Waals surface area contributed by atoms with Gasteiger partial charge in [-0.1, -0.05) is 30.2 Å².